The van der Waals surface area contributed by atoms with Gasteiger partial charge in [-0.2, -0.15) is 0 Å². The van der Waals surface area contributed by atoms with Crippen molar-refractivity contribution in [3.8, 4) is 10.6 Å². The molecule has 2 aromatic rings. The third-order valence-corrected chi connectivity index (χ3v) is 5.65. The molecule has 1 amide bonds. The van der Waals surface area contributed by atoms with E-state index in [4.69, 9.17) is 5.11 Å². The Morgan fingerprint density at radius 3 is 2.56 bits per heavy atom. The van der Waals surface area contributed by atoms with E-state index in [0.717, 1.165) is 41.9 Å². The zero-order valence-electron chi connectivity index (χ0n) is 14.2. The van der Waals surface area contributed by atoms with Gasteiger partial charge < -0.3 is 10.4 Å². The molecular weight excluding hydrogens is 336 g/mol. The molecule has 3 rings (SSSR count). The summed E-state index contributed by atoms with van der Waals surface area (Å²) in [6.45, 7) is 2.12. The summed E-state index contributed by atoms with van der Waals surface area (Å²) in [5.74, 6) is -1.02. The number of nitrogens with zero attached hydrogens (tertiary/aromatic N) is 1. The molecule has 1 fully saturated rings. The van der Waals surface area contributed by atoms with Crippen molar-refractivity contribution >= 4 is 23.2 Å². The summed E-state index contributed by atoms with van der Waals surface area (Å²) in [4.78, 5) is 27.8. The van der Waals surface area contributed by atoms with Crippen LogP contribution in [0.3, 0.4) is 0 Å². The number of carbonyl (C=O) groups excluding carboxylic acids is 1. The molecule has 132 valence electrons. The Labute approximate surface area is 151 Å². The minimum Gasteiger partial charge on any atom is -0.481 e. The number of carboxylic acid groups (broad SMARTS) is 1. The molecule has 0 radical (unpaired) electrons. The van der Waals surface area contributed by atoms with Crippen LogP contribution in [-0.2, 0) is 22.4 Å². The molecule has 5 nitrogen and oxygen atoms in total. The molecular formula is C19H22N2O3S. The van der Waals surface area contributed by atoms with E-state index in [2.05, 4.69) is 41.5 Å². The number of thiazole rings is 1. The van der Waals surface area contributed by atoms with E-state index < -0.39 is 11.5 Å². The topological polar surface area (TPSA) is 79.3 Å². The lowest BCUT2D eigenvalue weighted by molar-refractivity contribution is -0.140. The second-order valence-corrected chi connectivity index (χ2v) is 7.48. The highest BCUT2D eigenvalue weighted by molar-refractivity contribution is 7.13. The monoisotopic (exact) mass is 358 g/mol. The molecule has 1 aliphatic rings. The molecule has 25 heavy (non-hydrogen) atoms. The maximum absolute atomic E-state index is 12.3. The van der Waals surface area contributed by atoms with Crippen LogP contribution in [-0.4, -0.2) is 27.5 Å². The fourth-order valence-electron chi connectivity index (χ4n) is 3.15. The number of hydrogen-bond acceptors (Lipinski definition) is 4. The summed E-state index contributed by atoms with van der Waals surface area (Å²) in [6.07, 6.45) is 3.60. The van der Waals surface area contributed by atoms with Crippen LogP contribution in [0.4, 0.5) is 0 Å². The van der Waals surface area contributed by atoms with Gasteiger partial charge in [-0.15, -0.1) is 11.3 Å². The number of nitrogens with one attached hydrogen (secondary N) is 1. The quantitative estimate of drug-likeness (QED) is 0.795. The van der Waals surface area contributed by atoms with Crippen molar-refractivity contribution < 1.29 is 14.7 Å². The normalized spacial score (nSPS) is 15.4. The number of carbonyl (C=O) groups is 2. The summed E-state index contributed by atoms with van der Waals surface area (Å²) in [5, 5.41) is 14.7. The molecule has 0 saturated heterocycles. The Balaban J connectivity index is 1.62. The van der Waals surface area contributed by atoms with Gasteiger partial charge in [0.1, 0.15) is 5.01 Å². The molecule has 1 heterocycles. The molecule has 0 aliphatic heterocycles. The van der Waals surface area contributed by atoms with Crippen LogP contribution in [0.15, 0.2) is 29.6 Å². The Morgan fingerprint density at radius 2 is 2.00 bits per heavy atom. The predicted molar refractivity (Wildman–Crippen MR) is 97.6 cm³/mol. The average molecular weight is 358 g/mol. The van der Waals surface area contributed by atoms with Crippen molar-refractivity contribution in [1.29, 1.82) is 0 Å². The largest absolute Gasteiger partial charge is 0.481 e. The lowest BCUT2D eigenvalue weighted by Gasteiger charge is -2.41. The smallest absolute Gasteiger partial charge is 0.305 e. The van der Waals surface area contributed by atoms with E-state index >= 15 is 0 Å². The van der Waals surface area contributed by atoms with Crippen LogP contribution in [0, 0.1) is 0 Å². The van der Waals surface area contributed by atoms with Crippen molar-refractivity contribution in [2.75, 3.05) is 0 Å². The zero-order valence-corrected chi connectivity index (χ0v) is 15.1. The van der Waals surface area contributed by atoms with E-state index in [9.17, 15) is 9.59 Å². The molecule has 0 unspecified atom stereocenters. The lowest BCUT2D eigenvalue weighted by Crippen LogP contribution is -2.55. The predicted octanol–water partition coefficient (Wildman–Crippen LogP) is 3.43. The Hall–Kier alpha value is -2.21. The van der Waals surface area contributed by atoms with Gasteiger partial charge in [0.05, 0.1) is 24.1 Å². The summed E-state index contributed by atoms with van der Waals surface area (Å²) >= 11 is 1.52. The second kappa shape index (κ2) is 7.35. The highest BCUT2D eigenvalue weighted by Crippen LogP contribution is 2.35. The van der Waals surface area contributed by atoms with Gasteiger partial charge >= 0.3 is 5.97 Å². The number of carboxylic acids is 1. The van der Waals surface area contributed by atoms with Gasteiger partial charge in [-0.3, -0.25) is 9.59 Å². The number of aliphatic carboxylic acids is 1. The Morgan fingerprint density at radius 1 is 1.28 bits per heavy atom. The van der Waals surface area contributed by atoms with Crippen molar-refractivity contribution in [2.45, 2.75) is 51.0 Å². The van der Waals surface area contributed by atoms with E-state index in [1.807, 2.05) is 5.38 Å². The molecule has 0 atom stereocenters. The first-order valence-electron chi connectivity index (χ1n) is 8.56. The molecule has 6 heteroatoms. The summed E-state index contributed by atoms with van der Waals surface area (Å²) in [7, 11) is 0. The zero-order chi connectivity index (χ0) is 17.9. The second-order valence-electron chi connectivity index (χ2n) is 6.62. The fraction of sp³-hybridized carbons (Fsp3) is 0.421. The van der Waals surface area contributed by atoms with Crippen LogP contribution in [0.5, 0.6) is 0 Å². The third kappa shape index (κ3) is 4.25. The average Bonchev–Trinajstić information content (AvgIpc) is 3.00. The summed E-state index contributed by atoms with van der Waals surface area (Å²) in [5.41, 5.74) is 2.50. The molecule has 0 spiro atoms. The highest BCUT2D eigenvalue weighted by atomic mass is 32.1. The van der Waals surface area contributed by atoms with Crippen molar-refractivity contribution in [1.82, 2.24) is 10.3 Å². The van der Waals surface area contributed by atoms with Crippen LogP contribution >= 0.6 is 11.3 Å². The number of rotatable bonds is 7. The number of hydrogen-bond donors (Lipinski definition) is 2. The van der Waals surface area contributed by atoms with Crippen LogP contribution in [0.1, 0.15) is 43.9 Å². The van der Waals surface area contributed by atoms with Gasteiger partial charge in [0.2, 0.25) is 5.91 Å². The highest BCUT2D eigenvalue weighted by Gasteiger charge is 2.40. The summed E-state index contributed by atoms with van der Waals surface area (Å²) < 4.78 is 0. The number of aryl methyl sites for hydroxylation is 1. The number of aromatic nitrogens is 1. The fourth-order valence-corrected chi connectivity index (χ4v) is 3.97. The van der Waals surface area contributed by atoms with Crippen LogP contribution < -0.4 is 5.32 Å². The first-order valence-corrected chi connectivity index (χ1v) is 9.44. The molecule has 1 aromatic carbocycles. The van der Waals surface area contributed by atoms with E-state index in [-0.39, 0.29) is 18.7 Å². The maximum atomic E-state index is 12.3. The number of benzene rings is 1. The Kier molecular flexibility index (Phi) is 5.18. The van der Waals surface area contributed by atoms with Gasteiger partial charge in [0.25, 0.3) is 0 Å². The molecule has 0 bridgehead atoms. The SMILES string of the molecule is CCc1ccc(-c2nc(CC(=O)NC3(CC(=O)O)CCC3)cs2)cc1. The lowest BCUT2D eigenvalue weighted by atomic mass is 9.74. The molecule has 1 aliphatic carbocycles. The van der Waals surface area contributed by atoms with E-state index in [0.29, 0.717) is 0 Å². The summed E-state index contributed by atoms with van der Waals surface area (Å²) in [6, 6.07) is 8.29. The number of amides is 1. The van der Waals surface area contributed by atoms with Crippen molar-refractivity contribution in [2.24, 2.45) is 0 Å². The van der Waals surface area contributed by atoms with Crippen molar-refractivity contribution in [3.05, 3.63) is 40.9 Å². The van der Waals surface area contributed by atoms with Gasteiger partial charge in [-0.25, -0.2) is 4.98 Å². The van der Waals surface area contributed by atoms with Gasteiger partial charge in [0.15, 0.2) is 0 Å². The minimum absolute atomic E-state index is 0.00909. The first kappa shape index (κ1) is 17.6. The standard InChI is InChI=1S/C19H22N2O3S/c1-2-13-4-6-14(7-5-13)18-20-15(12-25-18)10-16(22)21-19(8-3-9-19)11-17(23)24/h4-7,12H,2-3,8-11H2,1H3,(H,21,22)(H,23,24). The Bertz CT molecular complexity index is 763. The molecule has 1 aromatic heterocycles. The van der Waals surface area contributed by atoms with Crippen molar-refractivity contribution in [3.63, 3.8) is 0 Å². The molecule has 2 N–H and O–H groups in total. The van der Waals surface area contributed by atoms with E-state index in [1.165, 1.54) is 16.9 Å². The van der Waals surface area contributed by atoms with Gasteiger partial charge in [-0.05, 0) is 31.2 Å². The van der Waals surface area contributed by atoms with Gasteiger partial charge in [-0.1, -0.05) is 31.2 Å². The van der Waals surface area contributed by atoms with E-state index in [1.54, 1.807) is 0 Å². The maximum Gasteiger partial charge on any atom is 0.305 e. The molecule has 1 saturated carbocycles. The van der Waals surface area contributed by atoms with Crippen LogP contribution in [0.2, 0.25) is 0 Å². The first-order chi connectivity index (χ1) is 12.0. The third-order valence-electron chi connectivity index (χ3n) is 4.71. The van der Waals surface area contributed by atoms with Gasteiger partial charge in [0, 0.05) is 10.9 Å². The minimum atomic E-state index is -0.869. The van der Waals surface area contributed by atoms with Crippen LogP contribution in [0.25, 0.3) is 10.6 Å².